The second-order valence-electron chi connectivity index (χ2n) is 0.761. The molecule has 54 valence electrons. The summed E-state index contributed by atoms with van der Waals surface area (Å²) in [5.41, 5.74) is 0. The van der Waals surface area contributed by atoms with E-state index in [2.05, 4.69) is 9.97 Å². The molecule has 0 saturated heterocycles. The van der Waals surface area contributed by atoms with Crippen molar-refractivity contribution in [3.05, 3.63) is 18.7 Å². The molecule has 7 N–H and O–H groups in total. The van der Waals surface area contributed by atoms with Gasteiger partial charge in [-0.25, -0.2) is 4.98 Å². The molecule has 0 aromatic carbocycles. The molecule has 0 atom stereocenters. The van der Waals surface area contributed by atoms with Crippen molar-refractivity contribution in [1.29, 1.82) is 0 Å². The van der Waals surface area contributed by atoms with Gasteiger partial charge in [-0.3, -0.25) is 0 Å². The van der Waals surface area contributed by atoms with E-state index < -0.39 is 0 Å². The summed E-state index contributed by atoms with van der Waals surface area (Å²) in [4.78, 5) is 6.42. The first kappa shape index (κ1) is 23.2. The van der Waals surface area contributed by atoms with Gasteiger partial charge in [0.25, 0.3) is 0 Å². The van der Waals surface area contributed by atoms with Crippen LogP contribution in [0.5, 0.6) is 0 Å². The third kappa shape index (κ3) is 11.4. The second-order valence-corrected chi connectivity index (χ2v) is 0.761. The number of rotatable bonds is 0. The van der Waals surface area contributed by atoms with Crippen LogP contribution < -0.4 is 0 Å². The molecule has 0 bridgehead atoms. The molecular formula is C3H12MgN2O3. The van der Waals surface area contributed by atoms with Gasteiger partial charge in [0.2, 0.25) is 0 Å². The van der Waals surface area contributed by atoms with Crippen LogP contribution in [0.15, 0.2) is 18.7 Å². The molecule has 0 amide bonds. The van der Waals surface area contributed by atoms with E-state index in [1.807, 2.05) is 0 Å². The number of H-pyrrole nitrogens is 1. The van der Waals surface area contributed by atoms with E-state index in [1.165, 1.54) is 0 Å². The van der Waals surface area contributed by atoms with Crippen molar-refractivity contribution in [2.24, 2.45) is 0 Å². The van der Waals surface area contributed by atoms with Crippen molar-refractivity contribution in [2.45, 2.75) is 0 Å². The molecule has 6 heteroatoms. The molecule has 1 heterocycles. The first-order chi connectivity index (χ1) is 2.50. The molecule has 9 heavy (non-hydrogen) atoms. The third-order valence-corrected chi connectivity index (χ3v) is 0.406. The Morgan fingerprint density at radius 2 is 1.78 bits per heavy atom. The number of aromatic nitrogens is 2. The number of nitrogens with zero attached hydrogens (tertiary/aromatic N) is 1. The maximum absolute atomic E-state index is 3.67. The van der Waals surface area contributed by atoms with Crippen molar-refractivity contribution in [3.63, 3.8) is 0 Å². The Balaban J connectivity index is -0.0000000104. The summed E-state index contributed by atoms with van der Waals surface area (Å²) < 4.78 is 0. The van der Waals surface area contributed by atoms with Gasteiger partial charge in [0.15, 0.2) is 0 Å². The van der Waals surface area contributed by atoms with E-state index in [0.29, 0.717) is 0 Å². The van der Waals surface area contributed by atoms with Gasteiger partial charge in [-0.15, -0.1) is 0 Å². The average Bonchev–Trinajstić information content (AvgIpc) is 1.76. The Labute approximate surface area is 71.5 Å². The van der Waals surface area contributed by atoms with Crippen LogP contribution >= 0.6 is 0 Å². The van der Waals surface area contributed by atoms with Gasteiger partial charge < -0.3 is 24.3 Å². The molecule has 0 radical (unpaired) electrons. The predicted molar refractivity (Wildman–Crippen MR) is 37.4 cm³/mol. The van der Waals surface area contributed by atoms with E-state index in [9.17, 15) is 0 Å². The Morgan fingerprint density at radius 1 is 1.22 bits per heavy atom. The van der Waals surface area contributed by atoms with Crippen LogP contribution in [0.25, 0.3) is 0 Å². The quantitative estimate of drug-likeness (QED) is 0.411. The third-order valence-electron chi connectivity index (χ3n) is 0.406. The van der Waals surface area contributed by atoms with Crippen LogP contribution in [0.4, 0.5) is 0 Å². The van der Waals surface area contributed by atoms with Gasteiger partial charge >= 0.3 is 23.1 Å². The smallest absolute Gasteiger partial charge is 1.00 e. The summed E-state index contributed by atoms with van der Waals surface area (Å²) in [5.74, 6) is 0. The predicted octanol–water partition coefficient (Wildman–Crippen LogP) is -2.22. The maximum Gasteiger partial charge on any atom is 2.00 e. The summed E-state index contributed by atoms with van der Waals surface area (Å²) in [6, 6.07) is 0. The van der Waals surface area contributed by atoms with E-state index in [1.54, 1.807) is 18.7 Å². The van der Waals surface area contributed by atoms with E-state index >= 15 is 0 Å². The standard InChI is InChI=1S/C3H4N2.Mg.3H2O.2H/c1-2-5-3-4-1;;;;;;/h1-3H,(H,4,5);;3*1H2;;/q;+2;;;;2*-1. The van der Waals surface area contributed by atoms with Crippen LogP contribution in [0.1, 0.15) is 2.85 Å². The molecule has 0 fully saturated rings. The minimum Gasteiger partial charge on any atom is -1.00 e. The van der Waals surface area contributed by atoms with Gasteiger partial charge in [0, 0.05) is 12.4 Å². The van der Waals surface area contributed by atoms with Crippen molar-refractivity contribution < 1.29 is 19.3 Å². The molecule has 0 aliphatic heterocycles. The maximum atomic E-state index is 3.67. The minimum atomic E-state index is 0. The van der Waals surface area contributed by atoms with Gasteiger partial charge in [-0.2, -0.15) is 0 Å². The van der Waals surface area contributed by atoms with Crippen LogP contribution in [-0.4, -0.2) is 49.4 Å². The Kier molecular flexibility index (Phi) is 40.3. The Hall–Kier alpha value is -0.144. The van der Waals surface area contributed by atoms with Crippen molar-refractivity contribution >= 4 is 23.1 Å². The monoisotopic (exact) mass is 148 g/mol. The number of imidazole rings is 1. The molecule has 0 saturated carbocycles. The molecule has 1 aromatic rings. The van der Waals surface area contributed by atoms with Crippen LogP contribution in [0.2, 0.25) is 0 Å². The van der Waals surface area contributed by atoms with Crippen molar-refractivity contribution in [1.82, 2.24) is 9.97 Å². The normalized spacial score (nSPS) is 4.44. The van der Waals surface area contributed by atoms with Crippen LogP contribution in [-0.2, 0) is 0 Å². The fraction of sp³-hybridized carbons (Fsp3) is 0. The number of aromatic amines is 1. The number of hydrogen-bond acceptors (Lipinski definition) is 1. The first-order valence-corrected chi connectivity index (χ1v) is 1.43. The first-order valence-electron chi connectivity index (χ1n) is 1.43. The topological polar surface area (TPSA) is 123 Å². The second kappa shape index (κ2) is 15.7. The van der Waals surface area contributed by atoms with Gasteiger partial charge in [-0.05, 0) is 0 Å². The van der Waals surface area contributed by atoms with Gasteiger partial charge in [0.05, 0.1) is 6.33 Å². The fourth-order valence-corrected chi connectivity index (χ4v) is 0.215. The Morgan fingerprint density at radius 3 is 1.89 bits per heavy atom. The minimum absolute atomic E-state index is 0. The van der Waals surface area contributed by atoms with Gasteiger partial charge in [-0.1, -0.05) is 0 Å². The fourth-order valence-electron chi connectivity index (χ4n) is 0.215. The van der Waals surface area contributed by atoms with E-state index in [-0.39, 0.29) is 42.3 Å². The van der Waals surface area contributed by atoms with Crippen molar-refractivity contribution in [2.75, 3.05) is 0 Å². The summed E-state index contributed by atoms with van der Waals surface area (Å²) >= 11 is 0. The van der Waals surface area contributed by atoms with Crippen LogP contribution in [0.3, 0.4) is 0 Å². The summed E-state index contributed by atoms with van der Waals surface area (Å²) in [6.45, 7) is 0. The molecule has 0 aliphatic carbocycles. The largest absolute Gasteiger partial charge is 2.00 e. The van der Waals surface area contributed by atoms with Crippen molar-refractivity contribution in [3.8, 4) is 0 Å². The summed E-state index contributed by atoms with van der Waals surface area (Å²) in [5, 5.41) is 0. The Bertz CT molecular complexity index is 81.1. The van der Waals surface area contributed by atoms with Crippen LogP contribution in [0, 0.1) is 0 Å². The summed E-state index contributed by atoms with van der Waals surface area (Å²) in [7, 11) is 0. The SMILES string of the molecule is O.O.O.[H-].[H-].[Mg+2].c1c[nH]cn1. The molecular weight excluding hydrogens is 136 g/mol. The zero-order valence-corrected chi connectivity index (χ0v) is 6.30. The zero-order chi connectivity index (χ0) is 3.54. The molecule has 5 nitrogen and oxygen atoms in total. The molecule has 0 aliphatic rings. The zero-order valence-electron chi connectivity index (χ0n) is 6.89. The number of nitrogens with one attached hydrogen (secondary N) is 1. The average molecular weight is 148 g/mol. The number of hydrogen-bond donors (Lipinski definition) is 1. The summed E-state index contributed by atoms with van der Waals surface area (Å²) in [6.07, 6.45) is 5.08. The molecule has 1 aromatic heterocycles. The van der Waals surface area contributed by atoms with E-state index in [4.69, 9.17) is 0 Å². The van der Waals surface area contributed by atoms with Gasteiger partial charge in [0.1, 0.15) is 0 Å². The molecule has 0 spiro atoms. The van der Waals surface area contributed by atoms with E-state index in [0.717, 1.165) is 0 Å². The molecule has 1 rings (SSSR count). The molecule has 0 unspecified atom stereocenters.